The molecule has 5 nitrogen and oxygen atoms in total. The van der Waals surface area contributed by atoms with Crippen molar-refractivity contribution in [1.29, 1.82) is 0 Å². The predicted octanol–water partition coefficient (Wildman–Crippen LogP) is 1.93. The molecule has 1 fully saturated rings. The Balaban J connectivity index is 2.25. The van der Waals surface area contributed by atoms with Gasteiger partial charge in [0.15, 0.2) is 0 Å². The monoisotopic (exact) mass is 256 g/mol. The summed E-state index contributed by atoms with van der Waals surface area (Å²) in [5.74, 6) is -0.430. The Labute approximate surface area is 109 Å². The first-order valence-electron chi connectivity index (χ1n) is 6.84. The van der Waals surface area contributed by atoms with Gasteiger partial charge in [0.1, 0.15) is 0 Å². The fraction of sp³-hybridized carbons (Fsp3) is 0.846. The van der Waals surface area contributed by atoms with Gasteiger partial charge in [0, 0.05) is 19.6 Å². The van der Waals surface area contributed by atoms with Gasteiger partial charge < -0.3 is 15.3 Å². The highest BCUT2D eigenvalue weighted by molar-refractivity contribution is 5.74. The molecular formula is C13H24N2O3. The Morgan fingerprint density at radius 3 is 2.17 bits per heavy atom. The fourth-order valence-electron chi connectivity index (χ4n) is 2.47. The summed E-state index contributed by atoms with van der Waals surface area (Å²) in [6.07, 6.45) is 3.27. The number of urea groups is 1. The van der Waals surface area contributed by atoms with Crippen LogP contribution >= 0.6 is 0 Å². The molecule has 0 aromatic carbocycles. The van der Waals surface area contributed by atoms with Gasteiger partial charge in [-0.3, -0.25) is 4.79 Å². The molecular weight excluding hydrogens is 232 g/mol. The smallest absolute Gasteiger partial charge is 0.317 e. The average Bonchev–Trinajstić information content (AvgIpc) is 2.38. The van der Waals surface area contributed by atoms with Crippen molar-refractivity contribution in [3.05, 3.63) is 0 Å². The number of carbonyl (C=O) groups excluding carboxylic acids is 1. The summed E-state index contributed by atoms with van der Waals surface area (Å²) in [4.78, 5) is 24.3. The molecule has 1 aliphatic rings. The van der Waals surface area contributed by atoms with E-state index in [-0.39, 0.29) is 11.9 Å². The summed E-state index contributed by atoms with van der Waals surface area (Å²) in [5.41, 5.74) is 0. The standard InChI is InChI=1S/C13H24N2O3/c1-3-15(4-2)13(18)14-9-10-5-7-11(8-6-10)12(16)17/h10-11H,3-9H2,1-2H3,(H,14,18)(H,16,17). The van der Waals surface area contributed by atoms with Crippen LogP contribution in [0, 0.1) is 11.8 Å². The van der Waals surface area contributed by atoms with Gasteiger partial charge in [-0.1, -0.05) is 0 Å². The molecule has 0 atom stereocenters. The number of amides is 2. The molecule has 0 aromatic heterocycles. The van der Waals surface area contributed by atoms with Gasteiger partial charge in [-0.15, -0.1) is 0 Å². The molecule has 0 aromatic rings. The van der Waals surface area contributed by atoms with E-state index >= 15 is 0 Å². The van der Waals surface area contributed by atoms with Crippen LogP contribution in [0.4, 0.5) is 4.79 Å². The number of carboxylic acid groups (broad SMARTS) is 1. The minimum absolute atomic E-state index is 0.0136. The van der Waals surface area contributed by atoms with Gasteiger partial charge in [0.2, 0.25) is 0 Å². The molecule has 104 valence electrons. The molecule has 1 rings (SSSR count). The Bertz CT molecular complexity index is 282. The molecule has 2 N–H and O–H groups in total. The molecule has 0 bridgehead atoms. The first kappa shape index (κ1) is 14.8. The molecule has 0 radical (unpaired) electrons. The second-order valence-electron chi connectivity index (χ2n) is 4.91. The zero-order chi connectivity index (χ0) is 13.5. The SMILES string of the molecule is CCN(CC)C(=O)NCC1CCC(C(=O)O)CC1. The third-order valence-electron chi connectivity index (χ3n) is 3.79. The molecule has 0 aliphatic heterocycles. The molecule has 1 aliphatic carbocycles. The highest BCUT2D eigenvalue weighted by atomic mass is 16.4. The number of nitrogens with zero attached hydrogens (tertiary/aromatic N) is 1. The lowest BCUT2D eigenvalue weighted by atomic mass is 9.82. The zero-order valence-corrected chi connectivity index (χ0v) is 11.3. The topological polar surface area (TPSA) is 69.6 Å². The number of rotatable bonds is 5. The van der Waals surface area contributed by atoms with Gasteiger partial charge in [-0.05, 0) is 45.4 Å². The van der Waals surface area contributed by atoms with Crippen LogP contribution in [0.5, 0.6) is 0 Å². The van der Waals surface area contributed by atoms with Gasteiger partial charge in [0.05, 0.1) is 5.92 Å². The van der Waals surface area contributed by atoms with Crippen LogP contribution in [0.3, 0.4) is 0 Å². The van der Waals surface area contributed by atoms with Crippen LogP contribution in [0.1, 0.15) is 39.5 Å². The second-order valence-corrected chi connectivity index (χ2v) is 4.91. The van der Waals surface area contributed by atoms with Crippen molar-refractivity contribution in [1.82, 2.24) is 10.2 Å². The van der Waals surface area contributed by atoms with Crippen LogP contribution in [-0.2, 0) is 4.79 Å². The normalized spacial score (nSPS) is 23.4. The zero-order valence-electron chi connectivity index (χ0n) is 11.3. The van der Waals surface area contributed by atoms with Gasteiger partial charge >= 0.3 is 12.0 Å². The van der Waals surface area contributed by atoms with Crippen LogP contribution in [0.2, 0.25) is 0 Å². The molecule has 1 saturated carbocycles. The van der Waals surface area contributed by atoms with E-state index in [0.29, 0.717) is 25.6 Å². The van der Waals surface area contributed by atoms with Crippen molar-refractivity contribution < 1.29 is 14.7 Å². The van der Waals surface area contributed by atoms with E-state index in [1.54, 1.807) is 4.90 Å². The van der Waals surface area contributed by atoms with E-state index in [1.165, 1.54) is 0 Å². The van der Waals surface area contributed by atoms with Crippen molar-refractivity contribution in [2.45, 2.75) is 39.5 Å². The maximum atomic E-state index is 11.7. The first-order valence-corrected chi connectivity index (χ1v) is 6.84. The van der Waals surface area contributed by atoms with E-state index < -0.39 is 5.97 Å². The molecule has 18 heavy (non-hydrogen) atoms. The lowest BCUT2D eigenvalue weighted by Gasteiger charge is -2.27. The van der Waals surface area contributed by atoms with Crippen molar-refractivity contribution in [2.24, 2.45) is 11.8 Å². The lowest BCUT2D eigenvalue weighted by molar-refractivity contribution is -0.143. The summed E-state index contributed by atoms with van der Waals surface area (Å²) >= 11 is 0. The van der Waals surface area contributed by atoms with E-state index in [1.807, 2.05) is 13.8 Å². The van der Waals surface area contributed by atoms with Crippen LogP contribution in [-0.4, -0.2) is 41.6 Å². The predicted molar refractivity (Wildman–Crippen MR) is 69.4 cm³/mol. The van der Waals surface area contributed by atoms with E-state index in [9.17, 15) is 9.59 Å². The van der Waals surface area contributed by atoms with Crippen LogP contribution < -0.4 is 5.32 Å². The molecule has 0 spiro atoms. The lowest BCUT2D eigenvalue weighted by Crippen LogP contribution is -2.42. The number of hydrogen-bond acceptors (Lipinski definition) is 2. The summed E-state index contributed by atoms with van der Waals surface area (Å²) in [7, 11) is 0. The molecule has 5 heteroatoms. The Morgan fingerprint density at radius 2 is 1.72 bits per heavy atom. The van der Waals surface area contributed by atoms with Crippen LogP contribution in [0.25, 0.3) is 0 Å². The maximum Gasteiger partial charge on any atom is 0.317 e. The molecule has 2 amide bonds. The Hall–Kier alpha value is -1.26. The second kappa shape index (κ2) is 7.24. The Morgan fingerprint density at radius 1 is 1.17 bits per heavy atom. The number of hydrogen-bond donors (Lipinski definition) is 2. The van der Waals surface area contributed by atoms with Crippen molar-refractivity contribution in [3.63, 3.8) is 0 Å². The fourth-order valence-corrected chi connectivity index (χ4v) is 2.47. The average molecular weight is 256 g/mol. The highest BCUT2D eigenvalue weighted by Crippen LogP contribution is 2.28. The van der Waals surface area contributed by atoms with Gasteiger partial charge in [-0.25, -0.2) is 4.79 Å². The number of aliphatic carboxylic acids is 1. The third kappa shape index (κ3) is 4.20. The minimum atomic E-state index is -0.680. The van der Waals surface area contributed by atoms with E-state index in [0.717, 1.165) is 25.7 Å². The largest absolute Gasteiger partial charge is 0.481 e. The first-order chi connectivity index (χ1) is 8.58. The Kier molecular flexibility index (Phi) is 5.95. The van der Waals surface area contributed by atoms with Crippen molar-refractivity contribution >= 4 is 12.0 Å². The van der Waals surface area contributed by atoms with Crippen molar-refractivity contribution in [3.8, 4) is 0 Å². The number of nitrogens with one attached hydrogen (secondary N) is 1. The molecule has 0 saturated heterocycles. The van der Waals surface area contributed by atoms with Gasteiger partial charge in [-0.2, -0.15) is 0 Å². The van der Waals surface area contributed by atoms with Gasteiger partial charge in [0.25, 0.3) is 0 Å². The third-order valence-corrected chi connectivity index (χ3v) is 3.79. The number of carboxylic acids is 1. The van der Waals surface area contributed by atoms with Crippen LogP contribution in [0.15, 0.2) is 0 Å². The quantitative estimate of drug-likeness (QED) is 0.789. The van der Waals surface area contributed by atoms with E-state index in [4.69, 9.17) is 5.11 Å². The highest BCUT2D eigenvalue weighted by Gasteiger charge is 2.26. The summed E-state index contributed by atoms with van der Waals surface area (Å²) in [6, 6.07) is -0.0136. The molecule has 0 heterocycles. The number of carbonyl (C=O) groups is 2. The minimum Gasteiger partial charge on any atom is -0.481 e. The summed E-state index contributed by atoms with van der Waals surface area (Å²) < 4.78 is 0. The van der Waals surface area contributed by atoms with E-state index in [2.05, 4.69) is 5.32 Å². The summed E-state index contributed by atoms with van der Waals surface area (Å²) in [5, 5.41) is 11.8. The molecule has 0 unspecified atom stereocenters. The summed E-state index contributed by atoms with van der Waals surface area (Å²) in [6.45, 7) is 6.02. The maximum absolute atomic E-state index is 11.7. The van der Waals surface area contributed by atoms with Crippen molar-refractivity contribution in [2.75, 3.05) is 19.6 Å².